The fourth-order valence-corrected chi connectivity index (χ4v) is 4.53. The number of nitrogens with two attached hydrogens (primary N) is 1. The molecule has 1 aromatic heterocycles. The van der Waals surface area contributed by atoms with E-state index in [0.29, 0.717) is 64.0 Å². The van der Waals surface area contributed by atoms with E-state index in [-0.39, 0.29) is 23.9 Å². The first-order valence-electron chi connectivity index (χ1n) is 10.7. The van der Waals surface area contributed by atoms with Crippen molar-refractivity contribution in [3.8, 4) is 0 Å². The Labute approximate surface area is 196 Å². The van der Waals surface area contributed by atoms with Crippen molar-refractivity contribution >= 4 is 52.5 Å². The molecule has 2 aliphatic heterocycles. The molecule has 3 heterocycles. The quantitative estimate of drug-likeness (QED) is 0.406. The average molecular weight is 471 g/mol. The number of aromatic amines is 1. The van der Waals surface area contributed by atoms with Gasteiger partial charge >= 0.3 is 6.03 Å². The molecule has 10 heteroatoms. The Hall–Kier alpha value is -3.46. The number of halogens is 1. The SMILES string of the molecule is Cc1[nH]c(/C=C2\C(=O)Nc3cc(Cl)c(N)cc32)c(C)c1C(=O)N[C@H]1CCN(C(=O)N(C)C)C1. The fraction of sp³-hybridized carbons (Fsp3) is 0.348. The van der Waals surface area contributed by atoms with Gasteiger partial charge < -0.3 is 31.2 Å². The number of aromatic nitrogens is 1. The zero-order valence-electron chi connectivity index (χ0n) is 19.0. The van der Waals surface area contributed by atoms with Crippen molar-refractivity contribution in [2.24, 2.45) is 0 Å². The maximum Gasteiger partial charge on any atom is 0.319 e. The number of hydrogen-bond acceptors (Lipinski definition) is 4. The lowest BCUT2D eigenvalue weighted by atomic mass is 10.0. The second-order valence-electron chi connectivity index (χ2n) is 8.68. The monoisotopic (exact) mass is 470 g/mol. The number of nitrogen functional groups attached to an aromatic ring is 1. The lowest BCUT2D eigenvalue weighted by molar-refractivity contribution is -0.110. The molecule has 0 spiro atoms. The van der Waals surface area contributed by atoms with E-state index in [1.807, 2.05) is 13.8 Å². The predicted octanol–water partition coefficient (Wildman–Crippen LogP) is 2.85. The number of carbonyl (C=O) groups excluding carboxylic acids is 3. The zero-order chi connectivity index (χ0) is 24.0. The van der Waals surface area contributed by atoms with Gasteiger partial charge in [-0.2, -0.15) is 0 Å². The van der Waals surface area contributed by atoms with Crippen LogP contribution < -0.4 is 16.4 Å². The third-order valence-corrected chi connectivity index (χ3v) is 6.42. The van der Waals surface area contributed by atoms with E-state index in [1.165, 1.54) is 4.90 Å². The number of likely N-dealkylation sites (tertiary alicyclic amines) is 1. The molecule has 1 atom stereocenters. The van der Waals surface area contributed by atoms with Gasteiger partial charge in [0.2, 0.25) is 0 Å². The largest absolute Gasteiger partial charge is 0.398 e. The summed E-state index contributed by atoms with van der Waals surface area (Å²) in [6, 6.07) is 3.12. The summed E-state index contributed by atoms with van der Waals surface area (Å²) < 4.78 is 0. The van der Waals surface area contributed by atoms with Crippen molar-refractivity contribution < 1.29 is 14.4 Å². The molecule has 4 rings (SSSR count). The summed E-state index contributed by atoms with van der Waals surface area (Å²) >= 11 is 6.07. The fourth-order valence-electron chi connectivity index (χ4n) is 4.37. The molecule has 0 bridgehead atoms. The molecule has 1 aromatic carbocycles. The van der Waals surface area contributed by atoms with Gasteiger partial charge in [0.1, 0.15) is 0 Å². The van der Waals surface area contributed by atoms with Crippen LogP contribution in [0.1, 0.15) is 39.3 Å². The van der Waals surface area contributed by atoms with Gasteiger partial charge in [0, 0.05) is 50.2 Å². The number of carbonyl (C=O) groups is 3. The van der Waals surface area contributed by atoms with Crippen molar-refractivity contribution in [1.29, 1.82) is 0 Å². The standard InChI is InChI=1S/C23H27ClN6O3/c1-11-18(8-15-14-7-17(25)16(24)9-19(14)28-21(15)31)26-12(2)20(11)22(32)27-13-5-6-30(10-13)23(33)29(3)4/h7-9,13,26H,5-6,10,25H2,1-4H3,(H,27,32)(H,28,31)/b15-8-/t13-/m0/s1. The van der Waals surface area contributed by atoms with Gasteiger partial charge in [-0.15, -0.1) is 0 Å². The third-order valence-electron chi connectivity index (χ3n) is 6.09. The first-order chi connectivity index (χ1) is 15.6. The third kappa shape index (κ3) is 4.16. The number of aryl methyl sites for hydroxylation is 1. The highest BCUT2D eigenvalue weighted by atomic mass is 35.5. The lowest BCUT2D eigenvalue weighted by Gasteiger charge is -2.21. The number of benzene rings is 1. The van der Waals surface area contributed by atoms with Gasteiger partial charge in [-0.05, 0) is 44.0 Å². The van der Waals surface area contributed by atoms with Crippen molar-refractivity contribution in [3.63, 3.8) is 0 Å². The number of anilines is 2. The summed E-state index contributed by atoms with van der Waals surface area (Å²) in [6.07, 6.45) is 2.42. The normalized spacial score (nSPS) is 18.5. The molecule has 174 valence electrons. The van der Waals surface area contributed by atoms with Crippen molar-refractivity contribution in [3.05, 3.63) is 45.2 Å². The van der Waals surface area contributed by atoms with Crippen LogP contribution in [0.3, 0.4) is 0 Å². The van der Waals surface area contributed by atoms with E-state index in [1.54, 1.807) is 37.2 Å². The summed E-state index contributed by atoms with van der Waals surface area (Å²) in [5.74, 6) is -0.469. The number of hydrogen-bond donors (Lipinski definition) is 4. The van der Waals surface area contributed by atoms with Crippen LogP contribution in [0.15, 0.2) is 12.1 Å². The molecule has 2 aromatic rings. The van der Waals surface area contributed by atoms with Gasteiger partial charge in [-0.3, -0.25) is 9.59 Å². The smallest absolute Gasteiger partial charge is 0.319 e. The highest BCUT2D eigenvalue weighted by molar-refractivity contribution is 6.38. The minimum absolute atomic E-state index is 0.0632. The van der Waals surface area contributed by atoms with Crippen molar-refractivity contribution in [2.45, 2.75) is 26.3 Å². The second-order valence-corrected chi connectivity index (χ2v) is 9.08. The average Bonchev–Trinajstić information content (AvgIpc) is 3.39. The summed E-state index contributed by atoms with van der Waals surface area (Å²) in [7, 11) is 3.42. The van der Waals surface area contributed by atoms with Crippen LogP contribution in [0.2, 0.25) is 5.02 Å². The Kier molecular flexibility index (Phi) is 5.84. The Morgan fingerprint density at radius 1 is 1.30 bits per heavy atom. The molecular formula is C23H27ClN6O3. The Balaban J connectivity index is 1.56. The molecule has 5 N–H and O–H groups in total. The molecule has 4 amide bonds. The highest BCUT2D eigenvalue weighted by Gasteiger charge is 2.30. The summed E-state index contributed by atoms with van der Waals surface area (Å²) in [5.41, 5.74) is 10.7. The molecule has 0 radical (unpaired) electrons. The lowest BCUT2D eigenvalue weighted by Crippen LogP contribution is -2.41. The summed E-state index contributed by atoms with van der Waals surface area (Å²) in [6.45, 7) is 4.74. The van der Waals surface area contributed by atoms with Gasteiger partial charge in [-0.25, -0.2) is 4.79 Å². The van der Waals surface area contributed by atoms with E-state index in [4.69, 9.17) is 17.3 Å². The van der Waals surface area contributed by atoms with Crippen LogP contribution in [-0.4, -0.2) is 65.9 Å². The molecule has 2 aliphatic rings. The number of rotatable bonds is 3. The molecule has 0 aliphatic carbocycles. The van der Waals surface area contributed by atoms with Crippen LogP contribution in [-0.2, 0) is 4.79 Å². The van der Waals surface area contributed by atoms with E-state index < -0.39 is 0 Å². The topological polar surface area (TPSA) is 124 Å². The van der Waals surface area contributed by atoms with Crippen LogP contribution in [0.4, 0.5) is 16.2 Å². The number of nitrogens with one attached hydrogen (secondary N) is 3. The minimum atomic E-state index is -0.263. The highest BCUT2D eigenvalue weighted by Crippen LogP contribution is 2.38. The van der Waals surface area contributed by atoms with E-state index in [9.17, 15) is 14.4 Å². The molecule has 33 heavy (non-hydrogen) atoms. The molecule has 9 nitrogen and oxygen atoms in total. The van der Waals surface area contributed by atoms with Crippen molar-refractivity contribution in [1.82, 2.24) is 20.1 Å². The van der Waals surface area contributed by atoms with Crippen molar-refractivity contribution in [2.75, 3.05) is 38.2 Å². The van der Waals surface area contributed by atoms with Crippen LogP contribution in [0.25, 0.3) is 11.6 Å². The second kappa shape index (κ2) is 8.47. The predicted molar refractivity (Wildman–Crippen MR) is 129 cm³/mol. The number of fused-ring (bicyclic) bond motifs is 1. The number of nitrogens with zero attached hydrogens (tertiary/aromatic N) is 2. The van der Waals surface area contributed by atoms with Gasteiger partial charge in [-0.1, -0.05) is 11.6 Å². The van der Waals surface area contributed by atoms with Crippen LogP contribution in [0, 0.1) is 13.8 Å². The Morgan fingerprint density at radius 2 is 2.03 bits per heavy atom. The zero-order valence-corrected chi connectivity index (χ0v) is 19.8. The summed E-state index contributed by atoms with van der Waals surface area (Å²) in [5, 5.41) is 6.21. The van der Waals surface area contributed by atoms with Crippen LogP contribution in [0.5, 0.6) is 0 Å². The first-order valence-corrected chi connectivity index (χ1v) is 11.0. The van der Waals surface area contributed by atoms with Gasteiger partial charge in [0.25, 0.3) is 11.8 Å². The molecule has 1 fully saturated rings. The van der Waals surface area contributed by atoms with E-state index in [0.717, 1.165) is 5.56 Å². The number of amides is 4. The minimum Gasteiger partial charge on any atom is -0.398 e. The molecular weight excluding hydrogens is 444 g/mol. The maximum atomic E-state index is 13.1. The number of urea groups is 1. The Morgan fingerprint density at radius 3 is 2.73 bits per heavy atom. The maximum absolute atomic E-state index is 13.1. The molecule has 0 saturated carbocycles. The first kappa shape index (κ1) is 22.7. The van der Waals surface area contributed by atoms with Gasteiger partial charge in [0.15, 0.2) is 0 Å². The summed E-state index contributed by atoms with van der Waals surface area (Å²) in [4.78, 5) is 44.3. The van der Waals surface area contributed by atoms with Gasteiger partial charge in [0.05, 0.1) is 27.5 Å². The Bertz CT molecular complexity index is 1200. The van der Waals surface area contributed by atoms with E-state index in [2.05, 4.69) is 15.6 Å². The molecule has 1 saturated heterocycles. The van der Waals surface area contributed by atoms with Crippen LogP contribution >= 0.6 is 11.6 Å². The number of H-pyrrole nitrogens is 1. The van der Waals surface area contributed by atoms with E-state index >= 15 is 0 Å². The molecule has 0 unspecified atom stereocenters.